The number of likely N-dealkylation sites (tertiary alicyclic amines) is 1. The molecular weight excluding hydrogens is 372 g/mol. The maximum Gasteiger partial charge on any atom is 0.438 e. The van der Waals surface area contributed by atoms with Crippen molar-refractivity contribution in [1.82, 2.24) is 19.8 Å². The number of nitrogens with zero attached hydrogens (tertiary/aromatic N) is 2. The monoisotopic (exact) mass is 394 g/mol. The lowest BCUT2D eigenvalue weighted by Gasteiger charge is -2.30. The van der Waals surface area contributed by atoms with Gasteiger partial charge in [-0.1, -0.05) is 17.3 Å². The molecule has 2 N–H and O–H groups in total. The zero-order chi connectivity index (χ0) is 19.4. The highest BCUT2D eigenvalue weighted by atomic mass is 32.2. The number of amides is 1. The first-order valence-electron chi connectivity index (χ1n) is 8.79. The number of carbonyl (C=O) groups excluding carboxylic acids is 1. The molecule has 1 aliphatic rings. The average Bonchev–Trinajstić information content (AvgIpc) is 3.13. The summed E-state index contributed by atoms with van der Waals surface area (Å²) in [7, 11) is -3.25. The number of benzene rings is 1. The van der Waals surface area contributed by atoms with E-state index in [1.807, 2.05) is 0 Å². The number of hydrogen-bond acceptors (Lipinski definition) is 6. The summed E-state index contributed by atoms with van der Waals surface area (Å²) in [5, 5.41) is 3.72. The summed E-state index contributed by atoms with van der Waals surface area (Å²) in [6.45, 7) is 2.91. The van der Waals surface area contributed by atoms with Gasteiger partial charge in [-0.25, -0.2) is 17.9 Å². The second kappa shape index (κ2) is 8.05. The summed E-state index contributed by atoms with van der Waals surface area (Å²) in [4.78, 5) is 28.0. The SMILES string of the molecule is CCS(=O)(=O)NCc1ccc(C(=O)N2CCC(c3noc(=O)[nH]3)CC2)cc1. The Bertz CT molecular complexity index is 940. The van der Waals surface area contributed by atoms with Crippen LogP contribution in [0.3, 0.4) is 0 Å². The lowest BCUT2D eigenvalue weighted by molar-refractivity contribution is 0.0710. The Labute approximate surface area is 156 Å². The van der Waals surface area contributed by atoms with Gasteiger partial charge in [0, 0.05) is 31.1 Å². The van der Waals surface area contributed by atoms with Crippen molar-refractivity contribution in [3.8, 4) is 0 Å². The number of hydrogen-bond donors (Lipinski definition) is 2. The molecule has 0 atom stereocenters. The van der Waals surface area contributed by atoms with E-state index in [2.05, 4.69) is 19.4 Å². The third-order valence-electron chi connectivity index (χ3n) is 4.70. The third-order valence-corrected chi connectivity index (χ3v) is 6.05. The highest BCUT2D eigenvalue weighted by molar-refractivity contribution is 7.89. The molecule has 1 saturated heterocycles. The van der Waals surface area contributed by atoms with Gasteiger partial charge >= 0.3 is 5.76 Å². The predicted octanol–water partition coefficient (Wildman–Crippen LogP) is 0.822. The van der Waals surface area contributed by atoms with Crippen LogP contribution < -0.4 is 10.5 Å². The van der Waals surface area contributed by atoms with E-state index in [1.165, 1.54) is 0 Å². The molecular formula is C17H22N4O5S. The molecule has 27 heavy (non-hydrogen) atoms. The molecule has 2 aromatic rings. The van der Waals surface area contributed by atoms with Crippen LogP contribution in [0, 0.1) is 0 Å². The topological polar surface area (TPSA) is 125 Å². The number of piperidine rings is 1. The molecule has 1 amide bonds. The summed E-state index contributed by atoms with van der Waals surface area (Å²) >= 11 is 0. The number of aromatic nitrogens is 2. The molecule has 146 valence electrons. The van der Waals surface area contributed by atoms with Gasteiger partial charge in [0.05, 0.1) is 5.75 Å². The first-order chi connectivity index (χ1) is 12.9. The summed E-state index contributed by atoms with van der Waals surface area (Å²) < 4.78 is 30.0. The number of carbonyl (C=O) groups is 1. The zero-order valence-electron chi connectivity index (χ0n) is 15.0. The second-order valence-electron chi connectivity index (χ2n) is 6.47. The van der Waals surface area contributed by atoms with Crippen LogP contribution in [-0.4, -0.2) is 48.2 Å². The number of rotatable bonds is 6. The van der Waals surface area contributed by atoms with Crippen LogP contribution in [0.25, 0.3) is 0 Å². The van der Waals surface area contributed by atoms with Gasteiger partial charge in [-0.3, -0.25) is 14.3 Å². The molecule has 2 heterocycles. The minimum atomic E-state index is -3.25. The van der Waals surface area contributed by atoms with Gasteiger partial charge in [0.1, 0.15) is 0 Å². The Morgan fingerprint density at radius 3 is 2.52 bits per heavy atom. The first-order valence-corrected chi connectivity index (χ1v) is 10.4. The van der Waals surface area contributed by atoms with Crippen LogP contribution >= 0.6 is 0 Å². The molecule has 0 aliphatic carbocycles. The summed E-state index contributed by atoms with van der Waals surface area (Å²) in [6, 6.07) is 6.91. The number of H-pyrrole nitrogens is 1. The fraction of sp³-hybridized carbons (Fsp3) is 0.471. The van der Waals surface area contributed by atoms with Crippen molar-refractivity contribution in [2.75, 3.05) is 18.8 Å². The smallest absolute Gasteiger partial charge is 0.339 e. The average molecular weight is 394 g/mol. The van der Waals surface area contributed by atoms with Crippen LogP contribution in [0.5, 0.6) is 0 Å². The van der Waals surface area contributed by atoms with E-state index in [4.69, 9.17) is 0 Å². The molecule has 0 unspecified atom stereocenters. The number of aromatic amines is 1. The van der Waals surface area contributed by atoms with Gasteiger partial charge in [-0.05, 0) is 37.5 Å². The summed E-state index contributed by atoms with van der Waals surface area (Å²) in [6.07, 6.45) is 1.40. The van der Waals surface area contributed by atoms with Crippen molar-refractivity contribution in [3.63, 3.8) is 0 Å². The lowest BCUT2D eigenvalue weighted by Crippen LogP contribution is -2.38. The normalized spacial score (nSPS) is 15.8. The van der Waals surface area contributed by atoms with Crippen LogP contribution in [0.1, 0.15) is 47.4 Å². The van der Waals surface area contributed by atoms with E-state index in [0.29, 0.717) is 37.3 Å². The van der Waals surface area contributed by atoms with Crippen molar-refractivity contribution < 1.29 is 17.7 Å². The second-order valence-corrected chi connectivity index (χ2v) is 8.56. The zero-order valence-corrected chi connectivity index (χ0v) is 15.8. The molecule has 1 aromatic carbocycles. The van der Waals surface area contributed by atoms with E-state index >= 15 is 0 Å². The molecule has 9 nitrogen and oxygen atoms in total. The minimum absolute atomic E-state index is 0.0295. The van der Waals surface area contributed by atoms with Crippen molar-refractivity contribution >= 4 is 15.9 Å². The quantitative estimate of drug-likeness (QED) is 0.747. The van der Waals surface area contributed by atoms with Crippen molar-refractivity contribution in [2.45, 2.75) is 32.2 Å². The first kappa shape index (κ1) is 19.3. The van der Waals surface area contributed by atoms with Gasteiger partial charge < -0.3 is 4.90 Å². The van der Waals surface area contributed by atoms with Crippen LogP contribution in [0.15, 0.2) is 33.6 Å². The van der Waals surface area contributed by atoms with E-state index in [9.17, 15) is 18.0 Å². The van der Waals surface area contributed by atoms with Gasteiger partial charge in [0.15, 0.2) is 5.82 Å². The molecule has 1 aliphatic heterocycles. The Hall–Kier alpha value is -2.46. The van der Waals surface area contributed by atoms with E-state index in [-0.39, 0.29) is 24.1 Å². The molecule has 0 bridgehead atoms. The highest BCUT2D eigenvalue weighted by Crippen LogP contribution is 2.25. The maximum absolute atomic E-state index is 12.6. The molecule has 1 fully saturated rings. The van der Waals surface area contributed by atoms with Crippen LogP contribution in [0.2, 0.25) is 0 Å². The predicted molar refractivity (Wildman–Crippen MR) is 97.7 cm³/mol. The molecule has 3 rings (SSSR count). The van der Waals surface area contributed by atoms with Crippen molar-refractivity contribution in [2.24, 2.45) is 0 Å². The largest absolute Gasteiger partial charge is 0.438 e. The Balaban J connectivity index is 1.56. The molecule has 0 spiro atoms. The van der Waals surface area contributed by atoms with Gasteiger partial charge in [-0.2, -0.15) is 0 Å². The van der Waals surface area contributed by atoms with Gasteiger partial charge in [0.2, 0.25) is 10.0 Å². The third kappa shape index (κ3) is 4.83. The lowest BCUT2D eigenvalue weighted by atomic mass is 9.95. The van der Waals surface area contributed by atoms with Crippen molar-refractivity contribution in [3.05, 3.63) is 51.8 Å². The number of sulfonamides is 1. The summed E-state index contributed by atoms with van der Waals surface area (Å²) in [5.41, 5.74) is 1.35. The van der Waals surface area contributed by atoms with Gasteiger partial charge in [0.25, 0.3) is 5.91 Å². The molecule has 0 radical (unpaired) electrons. The molecule has 10 heteroatoms. The standard InChI is InChI=1S/C17H22N4O5S/c1-2-27(24,25)18-11-12-3-5-14(6-4-12)16(22)21-9-7-13(8-10-21)15-19-17(23)26-20-15/h3-6,13,18H,2,7-11H2,1H3,(H,19,20,23). The molecule has 0 saturated carbocycles. The van der Waals surface area contributed by atoms with Crippen LogP contribution in [-0.2, 0) is 16.6 Å². The Morgan fingerprint density at radius 1 is 1.30 bits per heavy atom. The molecule has 1 aromatic heterocycles. The highest BCUT2D eigenvalue weighted by Gasteiger charge is 2.26. The van der Waals surface area contributed by atoms with Crippen molar-refractivity contribution in [1.29, 1.82) is 0 Å². The number of nitrogens with one attached hydrogen (secondary N) is 2. The van der Waals surface area contributed by atoms with E-state index < -0.39 is 15.8 Å². The fourth-order valence-corrected chi connectivity index (χ4v) is 3.61. The minimum Gasteiger partial charge on any atom is -0.339 e. The Kier molecular flexibility index (Phi) is 5.76. The van der Waals surface area contributed by atoms with Crippen LogP contribution in [0.4, 0.5) is 0 Å². The van der Waals surface area contributed by atoms with Gasteiger partial charge in [-0.15, -0.1) is 0 Å². The fourth-order valence-electron chi connectivity index (χ4n) is 3.02. The summed E-state index contributed by atoms with van der Waals surface area (Å²) in [5.74, 6) is 0.00920. The van der Waals surface area contributed by atoms with E-state index in [0.717, 1.165) is 5.56 Å². The Morgan fingerprint density at radius 2 is 1.96 bits per heavy atom. The maximum atomic E-state index is 12.6. The van der Waals surface area contributed by atoms with E-state index in [1.54, 1.807) is 36.1 Å².